The summed E-state index contributed by atoms with van der Waals surface area (Å²) < 4.78 is 7.17. The van der Waals surface area contributed by atoms with Crippen molar-refractivity contribution in [3.8, 4) is 17.2 Å². The molecule has 2 heterocycles. The Labute approximate surface area is 158 Å². The Kier molecular flexibility index (Phi) is 4.75. The summed E-state index contributed by atoms with van der Waals surface area (Å²) in [6, 6.07) is 15.8. The zero-order valence-electron chi connectivity index (χ0n) is 15.1. The first-order chi connectivity index (χ1) is 13.2. The maximum absolute atomic E-state index is 9.89. The molecule has 1 unspecified atom stereocenters. The van der Waals surface area contributed by atoms with E-state index in [1.54, 1.807) is 12.1 Å². The summed E-state index contributed by atoms with van der Waals surface area (Å²) in [4.78, 5) is 9.05. The van der Waals surface area contributed by atoms with Crippen LogP contribution in [0.3, 0.4) is 0 Å². The molecule has 0 spiro atoms. The minimum absolute atomic E-state index is 0.0520. The van der Waals surface area contributed by atoms with E-state index >= 15 is 0 Å². The Balaban J connectivity index is 1.54. The quantitative estimate of drug-likeness (QED) is 0.696. The second-order valence-electron chi connectivity index (χ2n) is 6.48. The van der Waals surface area contributed by atoms with E-state index in [-0.39, 0.29) is 11.7 Å². The first-order valence-corrected chi connectivity index (χ1v) is 8.86. The summed E-state index contributed by atoms with van der Waals surface area (Å²) >= 11 is 0. The molecule has 1 aliphatic rings. The number of rotatable bonds is 5. The summed E-state index contributed by atoms with van der Waals surface area (Å²) in [5.41, 5.74) is 4.52. The van der Waals surface area contributed by atoms with Gasteiger partial charge in [-0.1, -0.05) is 12.1 Å². The molecule has 1 atom stereocenters. The van der Waals surface area contributed by atoms with Crippen LogP contribution in [0.15, 0.2) is 70.9 Å². The minimum Gasteiger partial charge on any atom is -0.504 e. The molecule has 5 heteroatoms. The Hall–Kier alpha value is -3.34. The lowest BCUT2D eigenvalue weighted by atomic mass is 9.93. The van der Waals surface area contributed by atoms with Gasteiger partial charge in [0.05, 0.1) is 26.1 Å². The van der Waals surface area contributed by atoms with Gasteiger partial charge >= 0.3 is 0 Å². The normalized spacial score (nSPS) is 15.8. The highest BCUT2D eigenvalue weighted by molar-refractivity contribution is 5.92. The van der Waals surface area contributed by atoms with Crippen molar-refractivity contribution in [1.82, 2.24) is 4.57 Å². The number of phenolic OH excluding ortho intramolecular Hbond substituents is 1. The first-order valence-electron chi connectivity index (χ1n) is 8.86. The number of phenols is 1. The van der Waals surface area contributed by atoms with Crippen molar-refractivity contribution in [2.24, 2.45) is 9.98 Å². The van der Waals surface area contributed by atoms with E-state index < -0.39 is 0 Å². The third-order valence-electron chi connectivity index (χ3n) is 4.70. The van der Waals surface area contributed by atoms with E-state index in [1.165, 1.54) is 18.2 Å². The molecular weight excluding hydrogens is 338 g/mol. The Morgan fingerprint density at radius 3 is 2.85 bits per heavy atom. The number of hydrogen-bond donors (Lipinski definition) is 1. The molecule has 0 fully saturated rings. The third kappa shape index (κ3) is 3.62. The summed E-state index contributed by atoms with van der Waals surface area (Å²) in [5.74, 6) is 0.649. The number of nitrogens with zero attached hydrogens (tertiary/aromatic N) is 3. The predicted molar refractivity (Wildman–Crippen MR) is 108 cm³/mol. The molecule has 2 aromatic carbocycles. The molecule has 1 N–H and O–H groups in total. The Bertz CT molecular complexity index is 991. The van der Waals surface area contributed by atoms with Crippen LogP contribution >= 0.6 is 0 Å². The van der Waals surface area contributed by atoms with Crippen LogP contribution in [-0.4, -0.2) is 29.2 Å². The minimum atomic E-state index is 0.0520. The molecule has 27 heavy (non-hydrogen) atoms. The number of benzene rings is 2. The van der Waals surface area contributed by atoms with Crippen LogP contribution < -0.4 is 4.74 Å². The Morgan fingerprint density at radius 1 is 1.22 bits per heavy atom. The van der Waals surface area contributed by atoms with Gasteiger partial charge in [0.15, 0.2) is 11.5 Å². The van der Waals surface area contributed by atoms with Crippen LogP contribution in [0.2, 0.25) is 0 Å². The number of methoxy groups -OCH3 is 1. The molecule has 1 aromatic heterocycles. The number of fused-ring (bicyclic) bond motifs is 1. The molecule has 0 aliphatic carbocycles. The van der Waals surface area contributed by atoms with E-state index in [0.29, 0.717) is 18.8 Å². The highest BCUT2D eigenvalue weighted by Gasteiger charge is 2.16. The van der Waals surface area contributed by atoms with Gasteiger partial charge in [-0.2, -0.15) is 0 Å². The van der Waals surface area contributed by atoms with Gasteiger partial charge in [-0.15, -0.1) is 0 Å². The smallest absolute Gasteiger partial charge is 0.160 e. The van der Waals surface area contributed by atoms with E-state index in [2.05, 4.69) is 32.8 Å². The molecule has 136 valence electrons. The second-order valence-corrected chi connectivity index (χ2v) is 6.48. The zero-order chi connectivity index (χ0) is 18.6. The van der Waals surface area contributed by atoms with Gasteiger partial charge in [-0.3, -0.25) is 9.98 Å². The van der Waals surface area contributed by atoms with Crippen LogP contribution in [0.25, 0.3) is 5.69 Å². The van der Waals surface area contributed by atoms with E-state index in [4.69, 9.17) is 4.74 Å². The topological polar surface area (TPSA) is 59.1 Å². The van der Waals surface area contributed by atoms with Gasteiger partial charge in [0.25, 0.3) is 0 Å². The number of aromatic nitrogens is 1. The predicted octanol–water partition coefficient (Wildman–Crippen LogP) is 4.13. The largest absolute Gasteiger partial charge is 0.504 e. The third-order valence-corrected chi connectivity index (χ3v) is 4.70. The summed E-state index contributed by atoms with van der Waals surface area (Å²) in [7, 11) is 1.54. The van der Waals surface area contributed by atoms with E-state index in [9.17, 15) is 5.11 Å². The van der Waals surface area contributed by atoms with Crippen LogP contribution in [0.1, 0.15) is 22.6 Å². The van der Waals surface area contributed by atoms with Crippen molar-refractivity contribution in [2.45, 2.75) is 19.0 Å². The van der Waals surface area contributed by atoms with E-state index in [1.807, 2.05) is 43.0 Å². The molecule has 3 aromatic rings. The SMILES string of the molecule is COc1ccc(CN=CC2C=NCc3ccc(-n4cccc4)cc32)cc1O. The second kappa shape index (κ2) is 7.50. The molecule has 0 saturated heterocycles. The fraction of sp³-hybridized carbons (Fsp3) is 0.182. The van der Waals surface area contributed by atoms with Gasteiger partial charge in [0, 0.05) is 30.5 Å². The first kappa shape index (κ1) is 17.1. The lowest BCUT2D eigenvalue weighted by Gasteiger charge is -2.18. The van der Waals surface area contributed by atoms with Crippen molar-refractivity contribution in [3.05, 3.63) is 77.6 Å². The van der Waals surface area contributed by atoms with Crippen LogP contribution in [0.5, 0.6) is 11.5 Å². The lowest BCUT2D eigenvalue weighted by Crippen LogP contribution is -2.11. The average Bonchev–Trinajstić information content (AvgIpc) is 3.23. The fourth-order valence-electron chi connectivity index (χ4n) is 3.27. The van der Waals surface area contributed by atoms with Gasteiger partial charge in [-0.05, 0) is 53.1 Å². The average molecular weight is 359 g/mol. The molecule has 4 rings (SSSR count). The molecule has 1 aliphatic heterocycles. The monoisotopic (exact) mass is 359 g/mol. The maximum Gasteiger partial charge on any atom is 0.160 e. The molecule has 0 saturated carbocycles. The van der Waals surface area contributed by atoms with Gasteiger partial charge in [-0.25, -0.2) is 0 Å². The zero-order valence-corrected chi connectivity index (χ0v) is 15.1. The Morgan fingerprint density at radius 2 is 2.07 bits per heavy atom. The van der Waals surface area contributed by atoms with Crippen LogP contribution in [-0.2, 0) is 13.1 Å². The summed E-state index contributed by atoms with van der Waals surface area (Å²) in [6.45, 7) is 1.20. The molecule has 0 bridgehead atoms. The van der Waals surface area contributed by atoms with Gasteiger partial charge in [0.2, 0.25) is 0 Å². The number of ether oxygens (including phenoxy) is 1. The van der Waals surface area contributed by atoms with Gasteiger partial charge in [0.1, 0.15) is 0 Å². The highest BCUT2D eigenvalue weighted by atomic mass is 16.5. The standard InChI is InChI=1S/C22H21N3O2/c1-27-22-7-4-16(10-21(22)26)12-23-14-18-15-24-13-17-5-6-19(11-20(17)18)25-8-2-3-9-25/h2-11,14-15,18,26H,12-13H2,1H3. The fourth-order valence-corrected chi connectivity index (χ4v) is 3.27. The van der Waals surface area contributed by atoms with Crippen molar-refractivity contribution >= 4 is 12.4 Å². The highest BCUT2D eigenvalue weighted by Crippen LogP contribution is 2.27. The molecule has 5 nitrogen and oxygen atoms in total. The number of aliphatic imine (C=N–C) groups is 2. The van der Waals surface area contributed by atoms with Crippen LogP contribution in [0.4, 0.5) is 0 Å². The number of hydrogen-bond acceptors (Lipinski definition) is 4. The molecule has 0 radical (unpaired) electrons. The van der Waals surface area contributed by atoms with E-state index in [0.717, 1.165) is 11.3 Å². The van der Waals surface area contributed by atoms with Crippen molar-refractivity contribution in [3.63, 3.8) is 0 Å². The summed E-state index contributed by atoms with van der Waals surface area (Å²) in [5, 5.41) is 9.89. The number of aromatic hydroxyl groups is 1. The van der Waals surface area contributed by atoms with Crippen molar-refractivity contribution in [2.75, 3.05) is 7.11 Å². The van der Waals surface area contributed by atoms with Crippen LogP contribution in [0, 0.1) is 0 Å². The molecular formula is C22H21N3O2. The lowest BCUT2D eigenvalue weighted by molar-refractivity contribution is 0.373. The summed E-state index contributed by atoms with van der Waals surface area (Å²) in [6.07, 6.45) is 7.97. The van der Waals surface area contributed by atoms with Crippen molar-refractivity contribution in [1.29, 1.82) is 0 Å². The van der Waals surface area contributed by atoms with Crippen molar-refractivity contribution < 1.29 is 9.84 Å². The van der Waals surface area contributed by atoms with Gasteiger partial charge < -0.3 is 14.4 Å². The maximum atomic E-state index is 9.89. The molecule has 0 amide bonds.